The molecular formula is C28H37N3OS. The van der Waals surface area contributed by atoms with Gasteiger partial charge in [0.05, 0.1) is 13.2 Å². The molecular weight excluding hydrogens is 426 g/mol. The van der Waals surface area contributed by atoms with Crippen LogP contribution in [0.1, 0.15) is 17.5 Å². The highest BCUT2D eigenvalue weighted by Gasteiger charge is 2.11. The smallest absolute Gasteiger partial charge is 0.0594 e. The van der Waals surface area contributed by atoms with Gasteiger partial charge in [-0.1, -0.05) is 73.9 Å². The topological polar surface area (TPSA) is 27.7 Å². The lowest BCUT2D eigenvalue weighted by atomic mass is 10.2. The second kappa shape index (κ2) is 14.9. The molecule has 5 heteroatoms. The van der Waals surface area contributed by atoms with Gasteiger partial charge >= 0.3 is 0 Å². The van der Waals surface area contributed by atoms with E-state index in [-0.39, 0.29) is 0 Å². The lowest BCUT2D eigenvalue weighted by Gasteiger charge is -2.26. The van der Waals surface area contributed by atoms with Crippen molar-refractivity contribution < 1.29 is 4.74 Å². The molecule has 2 aromatic carbocycles. The van der Waals surface area contributed by atoms with Crippen molar-refractivity contribution in [1.82, 2.24) is 14.5 Å². The van der Waals surface area contributed by atoms with Crippen molar-refractivity contribution >= 4 is 11.9 Å². The van der Waals surface area contributed by atoms with Crippen molar-refractivity contribution in [3.05, 3.63) is 103 Å². The quantitative estimate of drug-likeness (QED) is 0.233. The second-order valence-electron chi connectivity index (χ2n) is 8.18. The molecule has 1 aliphatic rings. The number of ether oxygens (including phenoxy) is 1. The molecule has 176 valence electrons. The molecule has 1 saturated heterocycles. The van der Waals surface area contributed by atoms with Crippen LogP contribution in [0.2, 0.25) is 0 Å². The average Bonchev–Trinajstić information content (AvgIpc) is 2.86. The van der Waals surface area contributed by atoms with E-state index in [1.165, 1.54) is 22.4 Å². The average molecular weight is 464 g/mol. The zero-order valence-electron chi connectivity index (χ0n) is 19.6. The SMILES string of the molecule is C=C/C=C(\C=C)CN(Cc1ccccc1)Sc1ccc(CNCCCN2CCOCC2)cc1. The van der Waals surface area contributed by atoms with Crippen LogP contribution in [-0.4, -0.2) is 55.1 Å². The van der Waals surface area contributed by atoms with E-state index in [1.807, 2.05) is 18.2 Å². The summed E-state index contributed by atoms with van der Waals surface area (Å²) in [6.45, 7) is 16.4. The van der Waals surface area contributed by atoms with Gasteiger partial charge in [0, 0.05) is 37.6 Å². The minimum atomic E-state index is 0.807. The number of nitrogens with zero attached hydrogens (tertiary/aromatic N) is 2. The van der Waals surface area contributed by atoms with Gasteiger partial charge in [-0.2, -0.15) is 0 Å². The van der Waals surface area contributed by atoms with Gasteiger partial charge in [-0.3, -0.25) is 4.90 Å². The fourth-order valence-corrected chi connectivity index (χ4v) is 4.73. The Morgan fingerprint density at radius 2 is 1.79 bits per heavy atom. The zero-order chi connectivity index (χ0) is 23.1. The highest BCUT2D eigenvalue weighted by molar-refractivity contribution is 7.97. The number of hydrogen-bond donors (Lipinski definition) is 1. The Morgan fingerprint density at radius 3 is 2.48 bits per heavy atom. The number of allylic oxidation sites excluding steroid dienone is 2. The molecule has 0 spiro atoms. The van der Waals surface area contributed by atoms with Crippen LogP contribution in [0, 0.1) is 0 Å². The molecule has 1 fully saturated rings. The summed E-state index contributed by atoms with van der Waals surface area (Å²) >= 11 is 1.78. The van der Waals surface area contributed by atoms with Gasteiger partial charge in [-0.25, -0.2) is 4.31 Å². The molecule has 33 heavy (non-hydrogen) atoms. The minimum absolute atomic E-state index is 0.807. The summed E-state index contributed by atoms with van der Waals surface area (Å²) in [6, 6.07) is 19.5. The highest BCUT2D eigenvalue weighted by atomic mass is 32.2. The summed E-state index contributed by atoms with van der Waals surface area (Å²) < 4.78 is 7.78. The van der Waals surface area contributed by atoms with Crippen molar-refractivity contribution in [2.75, 3.05) is 45.9 Å². The first-order chi connectivity index (χ1) is 16.3. The zero-order valence-corrected chi connectivity index (χ0v) is 20.4. The molecule has 4 nitrogen and oxygen atoms in total. The van der Waals surface area contributed by atoms with Crippen LogP contribution in [0.5, 0.6) is 0 Å². The van der Waals surface area contributed by atoms with E-state index in [0.717, 1.165) is 64.6 Å². The van der Waals surface area contributed by atoms with Crippen LogP contribution in [0.15, 0.2) is 96.5 Å². The first kappa shape index (κ1) is 25.5. The lowest BCUT2D eigenvalue weighted by molar-refractivity contribution is 0.0374. The highest BCUT2D eigenvalue weighted by Crippen LogP contribution is 2.26. The number of benzene rings is 2. The Morgan fingerprint density at radius 1 is 1.03 bits per heavy atom. The molecule has 0 bridgehead atoms. The third-order valence-electron chi connectivity index (χ3n) is 5.57. The maximum atomic E-state index is 5.41. The van der Waals surface area contributed by atoms with Gasteiger partial charge in [0.15, 0.2) is 0 Å². The van der Waals surface area contributed by atoms with Crippen LogP contribution in [0.4, 0.5) is 0 Å². The van der Waals surface area contributed by atoms with Crippen molar-refractivity contribution in [2.24, 2.45) is 0 Å². The minimum Gasteiger partial charge on any atom is -0.379 e. The maximum absolute atomic E-state index is 5.41. The van der Waals surface area contributed by atoms with Gasteiger partial charge < -0.3 is 10.1 Å². The first-order valence-electron chi connectivity index (χ1n) is 11.8. The lowest BCUT2D eigenvalue weighted by Crippen LogP contribution is -2.37. The summed E-state index contributed by atoms with van der Waals surface area (Å²) in [5.41, 5.74) is 3.77. The number of nitrogens with one attached hydrogen (secondary N) is 1. The fraction of sp³-hybridized carbons (Fsp3) is 0.357. The number of hydrogen-bond acceptors (Lipinski definition) is 5. The molecule has 1 heterocycles. The Bertz CT molecular complexity index is 860. The fourth-order valence-electron chi connectivity index (χ4n) is 3.75. The molecule has 0 radical (unpaired) electrons. The molecule has 0 saturated carbocycles. The molecule has 0 aliphatic carbocycles. The maximum Gasteiger partial charge on any atom is 0.0594 e. The van der Waals surface area contributed by atoms with Gasteiger partial charge in [-0.05, 0) is 60.3 Å². The van der Waals surface area contributed by atoms with Gasteiger partial charge in [0.25, 0.3) is 0 Å². The Balaban J connectivity index is 1.48. The summed E-state index contributed by atoms with van der Waals surface area (Å²) in [6.07, 6.45) is 6.94. The van der Waals surface area contributed by atoms with Crippen molar-refractivity contribution in [1.29, 1.82) is 0 Å². The van der Waals surface area contributed by atoms with Crippen LogP contribution in [0.3, 0.4) is 0 Å². The predicted octanol–water partition coefficient (Wildman–Crippen LogP) is 5.31. The van der Waals surface area contributed by atoms with E-state index in [2.05, 4.69) is 82.3 Å². The normalized spacial score (nSPS) is 15.0. The van der Waals surface area contributed by atoms with Crippen LogP contribution < -0.4 is 5.32 Å². The van der Waals surface area contributed by atoms with E-state index in [1.54, 1.807) is 11.9 Å². The molecule has 0 atom stereocenters. The number of rotatable bonds is 14. The van der Waals surface area contributed by atoms with E-state index in [9.17, 15) is 0 Å². The second-order valence-corrected chi connectivity index (χ2v) is 9.35. The Kier molecular flexibility index (Phi) is 11.5. The van der Waals surface area contributed by atoms with E-state index in [0.29, 0.717) is 0 Å². The van der Waals surface area contributed by atoms with E-state index < -0.39 is 0 Å². The van der Waals surface area contributed by atoms with Gasteiger partial charge in [0.2, 0.25) is 0 Å². The van der Waals surface area contributed by atoms with Crippen LogP contribution in [0.25, 0.3) is 0 Å². The third-order valence-corrected chi connectivity index (χ3v) is 6.57. The summed E-state index contributed by atoms with van der Waals surface area (Å²) in [7, 11) is 0. The molecule has 0 amide bonds. The number of morpholine rings is 1. The molecule has 0 aromatic heterocycles. The molecule has 3 rings (SSSR count). The Hall–Kier alpha value is -2.15. The third kappa shape index (κ3) is 9.70. The van der Waals surface area contributed by atoms with Crippen molar-refractivity contribution in [3.8, 4) is 0 Å². The predicted molar refractivity (Wildman–Crippen MR) is 141 cm³/mol. The summed E-state index contributed by atoms with van der Waals surface area (Å²) in [4.78, 5) is 3.73. The standard InChI is InChI=1S/C28H37N3OS/c1-3-9-25(4-2)23-31(24-27-10-6-5-7-11-27)33-28-14-12-26(13-15-28)22-29-16-8-17-30-18-20-32-21-19-30/h3-7,9-15,29H,1-2,8,16-24H2/b25-9+. The summed E-state index contributed by atoms with van der Waals surface area (Å²) in [5, 5.41) is 3.58. The van der Waals surface area contributed by atoms with E-state index >= 15 is 0 Å². The summed E-state index contributed by atoms with van der Waals surface area (Å²) in [5.74, 6) is 0. The Labute approximate surface area is 204 Å². The first-order valence-corrected chi connectivity index (χ1v) is 12.5. The van der Waals surface area contributed by atoms with Crippen LogP contribution >= 0.6 is 11.9 Å². The molecule has 0 unspecified atom stereocenters. The monoisotopic (exact) mass is 463 g/mol. The van der Waals surface area contributed by atoms with E-state index in [4.69, 9.17) is 4.74 Å². The van der Waals surface area contributed by atoms with Gasteiger partial charge in [0.1, 0.15) is 0 Å². The van der Waals surface area contributed by atoms with Gasteiger partial charge in [-0.15, -0.1) is 0 Å². The van der Waals surface area contributed by atoms with Crippen molar-refractivity contribution in [3.63, 3.8) is 0 Å². The van der Waals surface area contributed by atoms with Crippen molar-refractivity contribution in [2.45, 2.75) is 24.4 Å². The molecule has 2 aromatic rings. The molecule has 1 aliphatic heterocycles. The largest absolute Gasteiger partial charge is 0.379 e. The van der Waals surface area contributed by atoms with Crippen LogP contribution in [-0.2, 0) is 17.8 Å². The molecule has 1 N–H and O–H groups in total.